The van der Waals surface area contributed by atoms with E-state index in [2.05, 4.69) is 22.3 Å². The van der Waals surface area contributed by atoms with Crippen molar-refractivity contribution in [1.82, 2.24) is 4.90 Å². The van der Waals surface area contributed by atoms with Gasteiger partial charge in [0.1, 0.15) is 0 Å². The zero-order valence-electron chi connectivity index (χ0n) is 14.6. The normalized spacial score (nSPS) is 19.4. The summed E-state index contributed by atoms with van der Waals surface area (Å²) in [5.41, 5.74) is 0.856. The van der Waals surface area contributed by atoms with Crippen molar-refractivity contribution < 1.29 is 9.53 Å². The Balaban J connectivity index is 1.69. The van der Waals surface area contributed by atoms with Gasteiger partial charge >= 0.3 is 0 Å². The van der Waals surface area contributed by atoms with Gasteiger partial charge < -0.3 is 10.1 Å². The number of anilines is 1. The molecule has 1 fully saturated rings. The van der Waals surface area contributed by atoms with Crippen LogP contribution >= 0.6 is 11.8 Å². The van der Waals surface area contributed by atoms with E-state index in [9.17, 15) is 4.79 Å². The second kappa shape index (κ2) is 8.52. The van der Waals surface area contributed by atoms with Gasteiger partial charge in [-0.1, -0.05) is 42.1 Å². The van der Waals surface area contributed by atoms with E-state index < -0.39 is 0 Å². The van der Waals surface area contributed by atoms with Crippen LogP contribution in [0.1, 0.15) is 13.8 Å². The molecule has 2 aromatic carbocycles. The molecule has 1 amide bonds. The number of para-hydroxylation sites is 1. The average molecular weight is 356 g/mol. The molecule has 0 bridgehead atoms. The van der Waals surface area contributed by atoms with Crippen molar-refractivity contribution in [3.63, 3.8) is 0 Å². The van der Waals surface area contributed by atoms with E-state index in [1.165, 1.54) is 0 Å². The molecule has 2 unspecified atom stereocenters. The molecule has 1 N–H and O–H groups in total. The highest BCUT2D eigenvalue weighted by molar-refractivity contribution is 7.99. The Morgan fingerprint density at radius 3 is 2.68 bits per heavy atom. The van der Waals surface area contributed by atoms with Crippen molar-refractivity contribution >= 4 is 23.4 Å². The van der Waals surface area contributed by atoms with Gasteiger partial charge in [-0.25, -0.2) is 0 Å². The van der Waals surface area contributed by atoms with E-state index in [1.54, 1.807) is 11.8 Å². The van der Waals surface area contributed by atoms with Crippen LogP contribution in [0.25, 0.3) is 0 Å². The number of hydrogen-bond donors (Lipinski definition) is 1. The first-order valence-electron chi connectivity index (χ1n) is 8.62. The van der Waals surface area contributed by atoms with Crippen LogP contribution < -0.4 is 5.32 Å². The predicted molar refractivity (Wildman–Crippen MR) is 102 cm³/mol. The molecule has 132 valence electrons. The van der Waals surface area contributed by atoms with Crippen molar-refractivity contribution in [2.45, 2.75) is 35.8 Å². The molecule has 3 rings (SSSR count). The SMILES string of the molecule is CC1CN(C(C)C(=O)Nc2ccccc2Sc2ccccc2)CCO1. The van der Waals surface area contributed by atoms with Crippen molar-refractivity contribution in [2.75, 3.05) is 25.0 Å². The standard InChI is InChI=1S/C20H24N2O2S/c1-15-14-22(12-13-24-15)16(2)20(23)21-18-10-6-7-11-19(18)25-17-8-4-3-5-9-17/h3-11,15-16H,12-14H2,1-2H3,(H,21,23). The Morgan fingerprint density at radius 1 is 1.20 bits per heavy atom. The Morgan fingerprint density at radius 2 is 1.92 bits per heavy atom. The van der Waals surface area contributed by atoms with E-state index in [0.29, 0.717) is 6.61 Å². The fourth-order valence-corrected chi connectivity index (χ4v) is 3.80. The molecule has 2 aromatic rings. The molecule has 0 aliphatic carbocycles. The summed E-state index contributed by atoms with van der Waals surface area (Å²) in [5.74, 6) is 0.0233. The van der Waals surface area contributed by atoms with E-state index >= 15 is 0 Å². The maximum atomic E-state index is 12.7. The summed E-state index contributed by atoms with van der Waals surface area (Å²) in [6.45, 7) is 6.26. The molecule has 0 radical (unpaired) electrons. The molecule has 1 aliphatic heterocycles. The number of nitrogens with one attached hydrogen (secondary N) is 1. The molecule has 0 spiro atoms. The number of rotatable bonds is 5. The number of amides is 1. The minimum atomic E-state index is -0.180. The number of benzene rings is 2. The van der Waals surface area contributed by atoms with Gasteiger partial charge in [0.25, 0.3) is 0 Å². The first-order valence-corrected chi connectivity index (χ1v) is 9.43. The quantitative estimate of drug-likeness (QED) is 0.883. The summed E-state index contributed by atoms with van der Waals surface area (Å²) in [6.07, 6.45) is 0.171. The van der Waals surface area contributed by atoms with E-state index in [4.69, 9.17) is 4.74 Å². The molecular weight excluding hydrogens is 332 g/mol. The smallest absolute Gasteiger partial charge is 0.241 e. The van der Waals surface area contributed by atoms with Gasteiger partial charge in [-0.2, -0.15) is 0 Å². The van der Waals surface area contributed by atoms with E-state index in [1.807, 2.05) is 56.3 Å². The molecule has 5 heteroatoms. The lowest BCUT2D eigenvalue weighted by Crippen LogP contribution is -2.50. The molecule has 1 aliphatic rings. The molecule has 4 nitrogen and oxygen atoms in total. The lowest BCUT2D eigenvalue weighted by Gasteiger charge is -2.34. The number of hydrogen-bond acceptors (Lipinski definition) is 4. The summed E-state index contributed by atoms with van der Waals surface area (Å²) in [4.78, 5) is 17.1. The minimum Gasteiger partial charge on any atom is -0.376 e. The van der Waals surface area contributed by atoms with Gasteiger partial charge in [0.05, 0.1) is 24.4 Å². The second-order valence-electron chi connectivity index (χ2n) is 6.25. The highest BCUT2D eigenvalue weighted by Gasteiger charge is 2.26. The molecule has 1 saturated heterocycles. The fraction of sp³-hybridized carbons (Fsp3) is 0.350. The fourth-order valence-electron chi connectivity index (χ4n) is 2.87. The average Bonchev–Trinajstić information content (AvgIpc) is 2.63. The topological polar surface area (TPSA) is 41.6 Å². The number of carbonyl (C=O) groups is 1. The van der Waals surface area contributed by atoms with Crippen LogP contribution in [0, 0.1) is 0 Å². The van der Waals surface area contributed by atoms with Crippen molar-refractivity contribution in [3.05, 3.63) is 54.6 Å². The molecule has 2 atom stereocenters. The Kier molecular flexibility index (Phi) is 6.13. The highest BCUT2D eigenvalue weighted by Crippen LogP contribution is 2.33. The van der Waals surface area contributed by atoms with Gasteiger partial charge in [-0.05, 0) is 38.1 Å². The van der Waals surface area contributed by atoms with Gasteiger partial charge in [-0.15, -0.1) is 0 Å². The Bertz CT molecular complexity index is 708. The summed E-state index contributed by atoms with van der Waals surface area (Å²) < 4.78 is 5.57. The van der Waals surface area contributed by atoms with Crippen molar-refractivity contribution in [2.24, 2.45) is 0 Å². The third kappa shape index (κ3) is 4.84. The molecule has 1 heterocycles. The zero-order valence-corrected chi connectivity index (χ0v) is 15.5. The van der Waals surface area contributed by atoms with Gasteiger partial charge in [-0.3, -0.25) is 9.69 Å². The second-order valence-corrected chi connectivity index (χ2v) is 7.37. The van der Waals surface area contributed by atoms with Crippen LogP contribution in [0.15, 0.2) is 64.4 Å². The first-order chi connectivity index (χ1) is 12.1. The predicted octanol–water partition coefficient (Wildman–Crippen LogP) is 3.89. The molecule has 0 aromatic heterocycles. The summed E-state index contributed by atoms with van der Waals surface area (Å²) in [6, 6.07) is 17.9. The maximum absolute atomic E-state index is 12.7. The molecular formula is C20H24N2O2S. The number of carbonyl (C=O) groups excluding carboxylic acids is 1. The number of nitrogens with zero attached hydrogens (tertiary/aromatic N) is 1. The summed E-state index contributed by atoms with van der Waals surface area (Å²) >= 11 is 1.66. The van der Waals surface area contributed by atoms with Gasteiger partial charge in [0.15, 0.2) is 0 Å². The Hall–Kier alpha value is -1.82. The minimum absolute atomic E-state index is 0.0233. The van der Waals surface area contributed by atoms with Gasteiger partial charge in [0.2, 0.25) is 5.91 Å². The summed E-state index contributed by atoms with van der Waals surface area (Å²) in [7, 11) is 0. The lowest BCUT2D eigenvalue weighted by molar-refractivity contribution is -0.123. The van der Waals surface area contributed by atoms with Crippen LogP contribution in [0.4, 0.5) is 5.69 Å². The zero-order chi connectivity index (χ0) is 17.6. The third-order valence-corrected chi connectivity index (χ3v) is 5.40. The summed E-state index contributed by atoms with van der Waals surface area (Å²) in [5, 5.41) is 3.10. The van der Waals surface area contributed by atoms with Crippen LogP contribution in [-0.4, -0.2) is 42.6 Å². The van der Waals surface area contributed by atoms with E-state index in [-0.39, 0.29) is 18.1 Å². The van der Waals surface area contributed by atoms with Crippen LogP contribution in [0.2, 0.25) is 0 Å². The Labute approximate surface area is 153 Å². The van der Waals surface area contributed by atoms with Crippen LogP contribution in [0.3, 0.4) is 0 Å². The largest absolute Gasteiger partial charge is 0.376 e. The number of ether oxygens (including phenoxy) is 1. The number of morpholine rings is 1. The van der Waals surface area contributed by atoms with Crippen LogP contribution in [-0.2, 0) is 9.53 Å². The first kappa shape index (κ1) is 18.0. The highest BCUT2D eigenvalue weighted by atomic mass is 32.2. The van der Waals surface area contributed by atoms with Gasteiger partial charge in [0, 0.05) is 22.9 Å². The van der Waals surface area contributed by atoms with Crippen LogP contribution in [0.5, 0.6) is 0 Å². The van der Waals surface area contributed by atoms with Crippen molar-refractivity contribution in [3.8, 4) is 0 Å². The third-order valence-electron chi connectivity index (χ3n) is 4.32. The maximum Gasteiger partial charge on any atom is 0.241 e. The monoisotopic (exact) mass is 356 g/mol. The van der Waals surface area contributed by atoms with E-state index in [0.717, 1.165) is 28.6 Å². The molecule has 25 heavy (non-hydrogen) atoms. The molecule has 0 saturated carbocycles. The lowest BCUT2D eigenvalue weighted by atomic mass is 10.2. The van der Waals surface area contributed by atoms with Crippen molar-refractivity contribution in [1.29, 1.82) is 0 Å².